The minimum absolute atomic E-state index is 0.0200. The van der Waals surface area contributed by atoms with Crippen LogP contribution in [0.1, 0.15) is 63.1 Å². The van der Waals surface area contributed by atoms with E-state index >= 15 is 0 Å². The van der Waals surface area contributed by atoms with E-state index in [2.05, 4.69) is 10.2 Å². The van der Waals surface area contributed by atoms with E-state index in [4.69, 9.17) is 4.42 Å². The van der Waals surface area contributed by atoms with Crippen LogP contribution in [0.5, 0.6) is 0 Å². The van der Waals surface area contributed by atoms with Crippen LogP contribution in [0.4, 0.5) is 10.8 Å². The van der Waals surface area contributed by atoms with Crippen LogP contribution in [0.15, 0.2) is 75.9 Å². The van der Waals surface area contributed by atoms with Crippen molar-refractivity contribution in [2.45, 2.75) is 45.7 Å². The average Bonchev–Trinajstić information content (AvgIpc) is 3.61. The molecule has 0 saturated heterocycles. The molecule has 5 aromatic rings. The summed E-state index contributed by atoms with van der Waals surface area (Å²) >= 11 is 1.24. The fourth-order valence-corrected chi connectivity index (χ4v) is 6.84. The molecule has 7 rings (SSSR count). The second-order valence-electron chi connectivity index (χ2n) is 10.9. The Kier molecular flexibility index (Phi) is 5.53. The molecule has 2 aliphatic rings. The summed E-state index contributed by atoms with van der Waals surface area (Å²) in [7, 11) is 0. The smallest absolute Gasteiger partial charge is 0.297 e. The molecule has 4 heterocycles. The second-order valence-corrected chi connectivity index (χ2v) is 11.9. The fraction of sp³-hybridized carbons (Fsp3) is 0.219. The number of carbonyl (C=O) groups is 2. The van der Waals surface area contributed by atoms with Crippen LogP contribution in [0.25, 0.3) is 11.0 Å². The Balaban J connectivity index is 1.56. The molecule has 1 spiro atoms. The summed E-state index contributed by atoms with van der Waals surface area (Å²) in [4.78, 5) is 46.7. The molecular formula is C32H26N4O4S. The Morgan fingerprint density at radius 3 is 2.46 bits per heavy atom. The molecule has 2 aromatic heterocycles. The molecule has 0 bridgehead atoms. The SMILES string of the molecule is Cc1ccc2oc3c(c(=O)c2c1)C1(C(=O)N(Cc2ccccc2C)c2ccccc21)N(c1nnc(C(C)C)s1)C3=O. The van der Waals surface area contributed by atoms with Gasteiger partial charge in [0.05, 0.1) is 23.2 Å². The summed E-state index contributed by atoms with van der Waals surface area (Å²) in [5.74, 6) is -1.08. The first-order valence-corrected chi connectivity index (χ1v) is 14.3. The van der Waals surface area contributed by atoms with Crippen molar-refractivity contribution >= 4 is 44.9 Å². The van der Waals surface area contributed by atoms with Crippen molar-refractivity contribution in [3.8, 4) is 0 Å². The number of hydrogen-bond donors (Lipinski definition) is 0. The Hall–Kier alpha value is -4.63. The third kappa shape index (κ3) is 3.42. The molecule has 0 N–H and O–H groups in total. The predicted molar refractivity (Wildman–Crippen MR) is 158 cm³/mol. The van der Waals surface area contributed by atoms with Gasteiger partial charge < -0.3 is 9.32 Å². The van der Waals surface area contributed by atoms with Gasteiger partial charge in [0.2, 0.25) is 10.9 Å². The molecule has 9 heteroatoms. The molecule has 0 radical (unpaired) electrons. The normalized spacial score (nSPS) is 17.8. The van der Waals surface area contributed by atoms with Crippen LogP contribution in [-0.4, -0.2) is 22.0 Å². The molecule has 2 amide bonds. The lowest BCUT2D eigenvalue weighted by atomic mass is 9.84. The number of amides is 2. The van der Waals surface area contributed by atoms with Crippen molar-refractivity contribution in [1.82, 2.24) is 10.2 Å². The Labute approximate surface area is 239 Å². The number of nitrogens with zero attached hydrogens (tertiary/aromatic N) is 4. The minimum Gasteiger partial charge on any atom is -0.450 e. The molecule has 1 unspecified atom stereocenters. The Morgan fingerprint density at radius 1 is 0.951 bits per heavy atom. The van der Waals surface area contributed by atoms with Crippen LogP contribution >= 0.6 is 11.3 Å². The number of anilines is 2. The van der Waals surface area contributed by atoms with Gasteiger partial charge in [-0.3, -0.25) is 19.3 Å². The summed E-state index contributed by atoms with van der Waals surface area (Å²) in [5, 5.41) is 9.97. The van der Waals surface area contributed by atoms with E-state index in [0.29, 0.717) is 22.2 Å². The summed E-state index contributed by atoms with van der Waals surface area (Å²) in [6.45, 7) is 8.12. The van der Waals surface area contributed by atoms with Crippen LogP contribution in [-0.2, 0) is 16.9 Å². The van der Waals surface area contributed by atoms with Gasteiger partial charge in [-0.05, 0) is 43.2 Å². The summed E-state index contributed by atoms with van der Waals surface area (Å²) in [5.41, 5.74) is 2.13. The first kappa shape index (κ1) is 25.3. The van der Waals surface area contributed by atoms with Crippen molar-refractivity contribution in [1.29, 1.82) is 0 Å². The summed E-state index contributed by atoms with van der Waals surface area (Å²) in [6.07, 6.45) is 0. The van der Waals surface area contributed by atoms with E-state index in [1.165, 1.54) is 16.2 Å². The number of para-hydroxylation sites is 1. The monoisotopic (exact) mass is 562 g/mol. The zero-order chi connectivity index (χ0) is 28.6. The van der Waals surface area contributed by atoms with Crippen molar-refractivity contribution < 1.29 is 14.0 Å². The van der Waals surface area contributed by atoms with Gasteiger partial charge in [0, 0.05) is 11.5 Å². The third-order valence-electron chi connectivity index (χ3n) is 7.98. The highest BCUT2D eigenvalue weighted by Gasteiger charge is 2.66. The van der Waals surface area contributed by atoms with E-state index in [1.54, 1.807) is 17.0 Å². The number of hydrogen-bond acceptors (Lipinski definition) is 7. The molecule has 3 aromatic carbocycles. The first-order chi connectivity index (χ1) is 19.7. The lowest BCUT2D eigenvalue weighted by Gasteiger charge is -2.32. The Bertz CT molecular complexity index is 1980. The summed E-state index contributed by atoms with van der Waals surface area (Å²) in [6, 6.07) is 20.4. The van der Waals surface area contributed by atoms with E-state index in [1.807, 2.05) is 82.3 Å². The molecule has 8 nitrogen and oxygen atoms in total. The van der Waals surface area contributed by atoms with Crippen LogP contribution < -0.4 is 15.2 Å². The van der Waals surface area contributed by atoms with Crippen molar-refractivity contribution in [3.63, 3.8) is 0 Å². The number of fused-ring (bicyclic) bond motifs is 5. The van der Waals surface area contributed by atoms with Crippen molar-refractivity contribution in [2.75, 3.05) is 9.80 Å². The van der Waals surface area contributed by atoms with Crippen molar-refractivity contribution in [3.05, 3.63) is 116 Å². The second kappa shape index (κ2) is 8.94. The van der Waals surface area contributed by atoms with Crippen LogP contribution in [0, 0.1) is 13.8 Å². The predicted octanol–water partition coefficient (Wildman–Crippen LogP) is 5.84. The molecule has 0 saturated carbocycles. The molecule has 204 valence electrons. The van der Waals surface area contributed by atoms with E-state index in [-0.39, 0.29) is 28.9 Å². The largest absolute Gasteiger partial charge is 0.450 e. The zero-order valence-electron chi connectivity index (χ0n) is 23.0. The number of aromatic nitrogens is 2. The molecular weight excluding hydrogens is 536 g/mol. The van der Waals surface area contributed by atoms with E-state index in [0.717, 1.165) is 21.7 Å². The first-order valence-electron chi connectivity index (χ1n) is 13.5. The molecule has 1 atom stereocenters. The van der Waals surface area contributed by atoms with E-state index in [9.17, 15) is 14.4 Å². The van der Waals surface area contributed by atoms with Crippen LogP contribution in [0.2, 0.25) is 0 Å². The highest BCUT2D eigenvalue weighted by atomic mass is 32.1. The maximum atomic E-state index is 15.0. The number of rotatable bonds is 4. The lowest BCUT2D eigenvalue weighted by molar-refractivity contribution is -0.121. The van der Waals surface area contributed by atoms with Gasteiger partial charge in [0.25, 0.3) is 11.8 Å². The van der Waals surface area contributed by atoms with Crippen LogP contribution in [0.3, 0.4) is 0 Å². The van der Waals surface area contributed by atoms with Gasteiger partial charge in [0.15, 0.2) is 11.0 Å². The highest BCUT2D eigenvalue weighted by molar-refractivity contribution is 7.15. The van der Waals surface area contributed by atoms with Crippen molar-refractivity contribution in [2.24, 2.45) is 0 Å². The maximum Gasteiger partial charge on any atom is 0.297 e. The molecule has 0 aliphatic carbocycles. The van der Waals surface area contributed by atoms with Gasteiger partial charge in [-0.15, -0.1) is 10.2 Å². The van der Waals surface area contributed by atoms with Gasteiger partial charge in [-0.1, -0.05) is 79.3 Å². The summed E-state index contributed by atoms with van der Waals surface area (Å²) < 4.78 is 6.18. The molecule has 41 heavy (non-hydrogen) atoms. The minimum atomic E-state index is -1.79. The number of benzene rings is 3. The molecule has 2 aliphatic heterocycles. The van der Waals surface area contributed by atoms with Gasteiger partial charge in [-0.25, -0.2) is 0 Å². The lowest BCUT2D eigenvalue weighted by Crippen LogP contribution is -2.53. The number of carbonyl (C=O) groups excluding carboxylic acids is 2. The molecule has 0 fully saturated rings. The topological polar surface area (TPSA) is 96.6 Å². The standard InChI is InChI=1S/C32H26N4O4S/c1-17(2)28-33-34-31(41-28)36-29(38)27-25(26(37)21-15-18(3)13-14-24(21)40-27)32(36)22-11-7-8-12-23(22)35(30(32)39)16-20-10-6-5-9-19(20)4/h5-15,17H,16H2,1-4H3. The third-order valence-corrected chi connectivity index (χ3v) is 9.19. The van der Waals surface area contributed by atoms with E-state index < -0.39 is 22.8 Å². The quantitative estimate of drug-likeness (QED) is 0.273. The zero-order valence-corrected chi connectivity index (χ0v) is 23.8. The number of aryl methyl sites for hydroxylation is 2. The average molecular weight is 563 g/mol. The fourth-order valence-electron chi connectivity index (χ4n) is 5.94. The Morgan fingerprint density at radius 2 is 1.71 bits per heavy atom. The van der Waals surface area contributed by atoms with Gasteiger partial charge in [-0.2, -0.15) is 0 Å². The van der Waals surface area contributed by atoms with Gasteiger partial charge >= 0.3 is 0 Å². The van der Waals surface area contributed by atoms with Gasteiger partial charge in [0.1, 0.15) is 10.6 Å². The maximum absolute atomic E-state index is 15.0. The highest BCUT2D eigenvalue weighted by Crippen LogP contribution is 2.54.